The van der Waals surface area contributed by atoms with Crippen LogP contribution in [-0.2, 0) is 9.59 Å². The third-order valence-electron chi connectivity index (χ3n) is 2.37. The monoisotopic (exact) mass is 255 g/mol. The number of halogens is 1. The van der Waals surface area contributed by atoms with Crippen LogP contribution in [0.3, 0.4) is 0 Å². The molecule has 0 spiro atoms. The van der Waals surface area contributed by atoms with Gasteiger partial charge in [0.1, 0.15) is 5.82 Å². The molecule has 0 aliphatic heterocycles. The maximum atomic E-state index is 13.0. The zero-order chi connectivity index (χ0) is 13.5. The second kappa shape index (κ2) is 6.70. The van der Waals surface area contributed by atoms with Gasteiger partial charge in [0.2, 0.25) is 5.91 Å². The Hall–Kier alpha value is -1.95. The molecular formula is C12H14FNO4. The van der Waals surface area contributed by atoms with Crippen molar-refractivity contribution < 1.29 is 24.2 Å². The molecule has 5 nitrogen and oxygen atoms in total. The van der Waals surface area contributed by atoms with Gasteiger partial charge in [-0.3, -0.25) is 9.59 Å². The summed E-state index contributed by atoms with van der Waals surface area (Å²) in [5, 5.41) is 19.9. The minimum Gasteiger partial charge on any atom is -0.481 e. The average molecular weight is 255 g/mol. The van der Waals surface area contributed by atoms with Crippen LogP contribution in [0.2, 0.25) is 0 Å². The summed E-state index contributed by atoms with van der Waals surface area (Å²) in [6, 6.07) is 5.15. The summed E-state index contributed by atoms with van der Waals surface area (Å²) < 4.78 is 13.0. The van der Waals surface area contributed by atoms with E-state index >= 15 is 0 Å². The highest BCUT2D eigenvalue weighted by molar-refractivity contribution is 5.85. The zero-order valence-corrected chi connectivity index (χ0v) is 9.60. The van der Waals surface area contributed by atoms with E-state index in [0.29, 0.717) is 0 Å². The van der Waals surface area contributed by atoms with Gasteiger partial charge in [0, 0.05) is 13.0 Å². The molecule has 0 heterocycles. The molecule has 3 N–H and O–H groups in total. The topological polar surface area (TPSA) is 86.6 Å². The highest BCUT2D eigenvalue weighted by Crippen LogP contribution is 2.20. The molecule has 18 heavy (non-hydrogen) atoms. The van der Waals surface area contributed by atoms with Crippen molar-refractivity contribution in [1.82, 2.24) is 5.32 Å². The van der Waals surface area contributed by atoms with Gasteiger partial charge in [0.15, 0.2) is 0 Å². The summed E-state index contributed by atoms with van der Waals surface area (Å²) in [5.41, 5.74) is 0.238. The van der Waals surface area contributed by atoms with Crippen LogP contribution in [0.4, 0.5) is 4.39 Å². The van der Waals surface area contributed by atoms with Crippen molar-refractivity contribution >= 4 is 11.9 Å². The van der Waals surface area contributed by atoms with Crippen LogP contribution in [0.1, 0.15) is 17.9 Å². The molecule has 0 bridgehead atoms. The summed E-state index contributed by atoms with van der Waals surface area (Å²) in [6.07, 6.45) is -0.293. The molecule has 1 atom stereocenters. The Morgan fingerprint density at radius 3 is 2.67 bits per heavy atom. The lowest BCUT2D eigenvalue weighted by Gasteiger charge is -2.12. The first-order valence-corrected chi connectivity index (χ1v) is 5.40. The van der Waals surface area contributed by atoms with E-state index in [9.17, 15) is 14.0 Å². The molecule has 1 unspecified atom stereocenters. The molecule has 1 aromatic carbocycles. The van der Waals surface area contributed by atoms with Crippen molar-refractivity contribution in [3.05, 3.63) is 35.6 Å². The Labute approximate surface area is 103 Å². The van der Waals surface area contributed by atoms with Crippen LogP contribution < -0.4 is 5.32 Å². The van der Waals surface area contributed by atoms with Gasteiger partial charge in [-0.05, 0) is 17.7 Å². The van der Waals surface area contributed by atoms with Crippen molar-refractivity contribution in [2.24, 2.45) is 0 Å². The van der Waals surface area contributed by atoms with E-state index in [2.05, 4.69) is 5.32 Å². The molecule has 0 saturated heterocycles. The molecule has 98 valence electrons. The summed E-state index contributed by atoms with van der Waals surface area (Å²) in [5.74, 6) is -3.34. The Kier molecular flexibility index (Phi) is 5.26. The third-order valence-corrected chi connectivity index (χ3v) is 2.37. The number of carbonyl (C=O) groups excluding carboxylic acids is 1. The van der Waals surface area contributed by atoms with Crippen LogP contribution in [0.5, 0.6) is 0 Å². The van der Waals surface area contributed by atoms with Crippen molar-refractivity contribution in [3.8, 4) is 0 Å². The molecular weight excluding hydrogens is 241 g/mol. The quantitative estimate of drug-likeness (QED) is 0.690. The highest BCUT2D eigenvalue weighted by Gasteiger charge is 2.23. The number of aliphatic hydroxyl groups is 1. The first-order chi connectivity index (χ1) is 8.54. The van der Waals surface area contributed by atoms with Gasteiger partial charge < -0.3 is 15.5 Å². The normalized spacial score (nSPS) is 11.9. The fraction of sp³-hybridized carbons (Fsp3) is 0.333. The number of hydrogen-bond donors (Lipinski definition) is 3. The summed E-state index contributed by atoms with van der Waals surface area (Å²) in [4.78, 5) is 22.5. The Morgan fingerprint density at radius 1 is 1.39 bits per heavy atom. The first-order valence-electron chi connectivity index (χ1n) is 5.40. The van der Waals surface area contributed by atoms with E-state index in [4.69, 9.17) is 10.2 Å². The number of carboxylic acid groups (broad SMARTS) is 1. The number of hydrogen-bond acceptors (Lipinski definition) is 3. The number of aliphatic carboxylic acids is 1. The highest BCUT2D eigenvalue weighted by atomic mass is 19.1. The number of carboxylic acids is 1. The van der Waals surface area contributed by atoms with Crippen LogP contribution in [0.25, 0.3) is 0 Å². The Morgan fingerprint density at radius 2 is 2.11 bits per heavy atom. The van der Waals surface area contributed by atoms with Gasteiger partial charge in [-0.15, -0.1) is 0 Å². The molecule has 0 saturated carbocycles. The van der Waals surface area contributed by atoms with Crippen molar-refractivity contribution in [2.75, 3.05) is 13.2 Å². The van der Waals surface area contributed by atoms with E-state index < -0.39 is 23.6 Å². The molecule has 1 rings (SSSR count). The molecule has 0 fully saturated rings. The van der Waals surface area contributed by atoms with Crippen molar-refractivity contribution in [2.45, 2.75) is 12.3 Å². The Balaban J connectivity index is 2.77. The number of nitrogens with one attached hydrogen (secondary N) is 1. The fourth-order valence-electron chi connectivity index (χ4n) is 1.52. The number of rotatable bonds is 6. The van der Waals surface area contributed by atoms with Crippen LogP contribution >= 0.6 is 0 Å². The standard InChI is InChI=1S/C12H14FNO4/c13-9-3-1-2-8(6-9)10(12(17)18)7-11(16)14-4-5-15/h1-3,6,10,15H,4-5,7H2,(H,14,16)(H,17,18). The van der Waals surface area contributed by atoms with Gasteiger partial charge >= 0.3 is 5.97 Å². The van der Waals surface area contributed by atoms with E-state index in [1.807, 2.05) is 0 Å². The van der Waals surface area contributed by atoms with E-state index in [-0.39, 0.29) is 25.1 Å². The summed E-state index contributed by atoms with van der Waals surface area (Å²) in [7, 11) is 0. The number of benzene rings is 1. The predicted molar refractivity (Wildman–Crippen MR) is 61.5 cm³/mol. The minimum absolute atomic E-state index is 0.0638. The zero-order valence-electron chi connectivity index (χ0n) is 9.60. The first kappa shape index (κ1) is 14.1. The number of carbonyl (C=O) groups is 2. The van der Waals surface area contributed by atoms with Gasteiger partial charge in [0.25, 0.3) is 0 Å². The predicted octanol–water partition coefficient (Wildman–Crippen LogP) is 0.492. The molecule has 0 radical (unpaired) electrons. The van der Waals surface area contributed by atoms with E-state index in [0.717, 1.165) is 6.07 Å². The second-order valence-corrected chi connectivity index (χ2v) is 3.72. The molecule has 6 heteroatoms. The maximum absolute atomic E-state index is 13.0. The lowest BCUT2D eigenvalue weighted by atomic mass is 9.95. The molecule has 1 amide bonds. The van der Waals surface area contributed by atoms with Crippen LogP contribution in [0.15, 0.2) is 24.3 Å². The number of amides is 1. The van der Waals surface area contributed by atoms with Gasteiger partial charge in [-0.2, -0.15) is 0 Å². The summed E-state index contributed by atoms with van der Waals surface area (Å²) in [6.45, 7) is -0.155. The molecule has 1 aromatic rings. The van der Waals surface area contributed by atoms with Crippen molar-refractivity contribution in [1.29, 1.82) is 0 Å². The third kappa shape index (κ3) is 4.14. The van der Waals surface area contributed by atoms with Gasteiger partial charge in [-0.1, -0.05) is 12.1 Å². The largest absolute Gasteiger partial charge is 0.481 e. The molecule has 0 aliphatic rings. The average Bonchev–Trinajstić information content (AvgIpc) is 2.33. The second-order valence-electron chi connectivity index (χ2n) is 3.72. The Bertz CT molecular complexity index is 436. The van der Waals surface area contributed by atoms with Crippen molar-refractivity contribution in [3.63, 3.8) is 0 Å². The van der Waals surface area contributed by atoms with Gasteiger partial charge in [-0.25, -0.2) is 4.39 Å². The summed E-state index contributed by atoms with van der Waals surface area (Å²) >= 11 is 0. The molecule has 0 aromatic heterocycles. The van der Waals surface area contributed by atoms with Crippen LogP contribution in [0, 0.1) is 5.82 Å². The van der Waals surface area contributed by atoms with E-state index in [1.165, 1.54) is 18.2 Å². The smallest absolute Gasteiger partial charge is 0.311 e. The fourth-order valence-corrected chi connectivity index (χ4v) is 1.52. The van der Waals surface area contributed by atoms with E-state index in [1.54, 1.807) is 0 Å². The molecule has 0 aliphatic carbocycles. The van der Waals surface area contributed by atoms with Gasteiger partial charge in [0.05, 0.1) is 12.5 Å². The lowest BCUT2D eigenvalue weighted by molar-refractivity contribution is -0.140. The van der Waals surface area contributed by atoms with Crippen LogP contribution in [-0.4, -0.2) is 35.2 Å². The minimum atomic E-state index is -1.19. The maximum Gasteiger partial charge on any atom is 0.311 e. The number of aliphatic hydroxyl groups excluding tert-OH is 1. The lowest BCUT2D eigenvalue weighted by Crippen LogP contribution is -2.29. The SMILES string of the molecule is O=C(CC(C(=O)O)c1cccc(F)c1)NCCO.